The Hall–Kier alpha value is -0.430. The molecule has 0 aliphatic heterocycles. The van der Waals surface area contributed by atoms with Crippen molar-refractivity contribution >= 4 is 11.8 Å². The maximum Gasteiger partial charge on any atom is -0.0249 e. The highest BCUT2D eigenvalue weighted by molar-refractivity contribution is 8.04. The van der Waals surface area contributed by atoms with Crippen molar-refractivity contribution in [2.45, 2.75) is 34.1 Å². The minimum absolute atomic E-state index is 1.25. The van der Waals surface area contributed by atoms with Crippen LogP contribution >= 0.6 is 11.8 Å². The van der Waals surface area contributed by atoms with Crippen molar-refractivity contribution < 1.29 is 0 Å². The molecule has 1 heteroatoms. The van der Waals surface area contributed by atoms with Gasteiger partial charge in [0.25, 0.3) is 0 Å². The van der Waals surface area contributed by atoms with Crippen molar-refractivity contribution in [3.05, 3.63) is 36.1 Å². The second-order valence-corrected chi connectivity index (χ2v) is 2.45. The van der Waals surface area contributed by atoms with Crippen LogP contribution in [0.1, 0.15) is 34.1 Å². The van der Waals surface area contributed by atoms with E-state index in [1.54, 1.807) is 23.2 Å². The molecular formula is C11H22S. The van der Waals surface area contributed by atoms with Gasteiger partial charge in [0.2, 0.25) is 0 Å². The van der Waals surface area contributed by atoms with Crippen molar-refractivity contribution in [2.75, 3.05) is 0 Å². The fraction of sp³-hybridized carbons (Fsp3) is 0.455. The topological polar surface area (TPSA) is 0 Å². The predicted molar refractivity (Wildman–Crippen MR) is 64.4 cm³/mol. The summed E-state index contributed by atoms with van der Waals surface area (Å²) in [7, 11) is 0. The molecule has 0 rings (SSSR count). The summed E-state index contributed by atoms with van der Waals surface area (Å²) in [4.78, 5) is 0. The Kier molecular flexibility index (Phi) is 45.8. The van der Waals surface area contributed by atoms with Crippen LogP contribution in [0.15, 0.2) is 36.1 Å². The molecule has 0 saturated carbocycles. The van der Waals surface area contributed by atoms with Gasteiger partial charge in [-0.15, -0.1) is 11.8 Å². The van der Waals surface area contributed by atoms with Crippen LogP contribution in [0.4, 0.5) is 0 Å². The van der Waals surface area contributed by atoms with Gasteiger partial charge in [0.15, 0.2) is 0 Å². The van der Waals surface area contributed by atoms with Gasteiger partial charge in [-0.25, -0.2) is 0 Å². The third-order valence-corrected chi connectivity index (χ3v) is 0.896. The van der Waals surface area contributed by atoms with Crippen LogP contribution in [0.2, 0.25) is 0 Å². The standard InChI is InChI=1S/C6H8S.C3H8.C2H6/c1-3-5-6-7-4-2;1-3-2;1-2/h3-6H,1-2H2;3H2,1-2H3;1-2H3/b6-5-;;. The summed E-state index contributed by atoms with van der Waals surface area (Å²) in [5.74, 6) is 0. The van der Waals surface area contributed by atoms with E-state index < -0.39 is 0 Å². The zero-order chi connectivity index (χ0) is 10.2. The maximum absolute atomic E-state index is 3.51. The number of hydrogen-bond donors (Lipinski definition) is 0. The molecule has 0 aliphatic rings. The molecule has 0 aromatic rings. The lowest BCUT2D eigenvalue weighted by Crippen LogP contribution is -1.38. The van der Waals surface area contributed by atoms with E-state index in [1.165, 1.54) is 6.42 Å². The Balaban J connectivity index is -0.000000137. The van der Waals surface area contributed by atoms with E-state index in [1.807, 2.05) is 25.3 Å². The van der Waals surface area contributed by atoms with Crippen molar-refractivity contribution in [3.8, 4) is 0 Å². The van der Waals surface area contributed by atoms with Crippen molar-refractivity contribution in [2.24, 2.45) is 0 Å². The monoisotopic (exact) mass is 186 g/mol. The van der Waals surface area contributed by atoms with Crippen LogP contribution in [-0.4, -0.2) is 0 Å². The first-order chi connectivity index (χ1) is 5.83. The van der Waals surface area contributed by atoms with Crippen LogP contribution in [-0.2, 0) is 0 Å². The number of hydrogen-bond acceptors (Lipinski definition) is 1. The molecule has 0 amide bonds. The first kappa shape index (κ1) is 17.6. The van der Waals surface area contributed by atoms with Gasteiger partial charge in [-0.2, -0.15) is 0 Å². The Bertz CT molecular complexity index is 93.2. The normalized spacial score (nSPS) is 7.33. The molecular weight excluding hydrogens is 164 g/mol. The average molecular weight is 186 g/mol. The third-order valence-electron chi connectivity index (χ3n) is 0.389. The fourth-order valence-electron chi connectivity index (χ4n) is 0.156. The van der Waals surface area contributed by atoms with Gasteiger partial charge in [-0.3, -0.25) is 0 Å². The van der Waals surface area contributed by atoms with E-state index >= 15 is 0 Å². The number of rotatable bonds is 3. The van der Waals surface area contributed by atoms with Crippen LogP contribution in [0.5, 0.6) is 0 Å². The number of allylic oxidation sites excluding steroid dienone is 2. The smallest absolute Gasteiger partial charge is 0.0249 e. The van der Waals surface area contributed by atoms with Gasteiger partial charge in [-0.05, 0) is 10.8 Å². The first-order valence-electron chi connectivity index (χ1n) is 4.37. The molecule has 0 atom stereocenters. The van der Waals surface area contributed by atoms with Crippen LogP contribution in [0.25, 0.3) is 0 Å². The second kappa shape index (κ2) is 31.2. The van der Waals surface area contributed by atoms with Crippen molar-refractivity contribution in [1.29, 1.82) is 0 Å². The summed E-state index contributed by atoms with van der Waals surface area (Å²) in [6.45, 7) is 15.3. The first-order valence-corrected chi connectivity index (χ1v) is 5.31. The molecule has 0 spiro atoms. The van der Waals surface area contributed by atoms with E-state index in [4.69, 9.17) is 0 Å². The van der Waals surface area contributed by atoms with E-state index in [0.717, 1.165) is 0 Å². The fourth-order valence-corrected chi connectivity index (χ4v) is 0.469. The largest absolute Gasteiger partial charge is 0.107 e. The van der Waals surface area contributed by atoms with Gasteiger partial charge >= 0.3 is 0 Å². The molecule has 0 radical (unpaired) electrons. The average Bonchev–Trinajstić information content (AvgIpc) is 2.11. The van der Waals surface area contributed by atoms with Gasteiger partial charge < -0.3 is 0 Å². The summed E-state index contributed by atoms with van der Waals surface area (Å²) >= 11 is 1.54. The Morgan fingerprint density at radius 3 is 1.83 bits per heavy atom. The quantitative estimate of drug-likeness (QED) is 0.559. The lowest BCUT2D eigenvalue weighted by atomic mass is 10.6. The van der Waals surface area contributed by atoms with Crippen LogP contribution < -0.4 is 0 Å². The summed E-state index contributed by atoms with van der Waals surface area (Å²) < 4.78 is 0. The van der Waals surface area contributed by atoms with E-state index in [9.17, 15) is 0 Å². The SMILES string of the molecule is C=C/C=C\SC=C.CC.CCC. The van der Waals surface area contributed by atoms with E-state index in [0.29, 0.717) is 0 Å². The molecule has 0 heterocycles. The van der Waals surface area contributed by atoms with Gasteiger partial charge in [0, 0.05) is 0 Å². The zero-order valence-electron chi connectivity index (χ0n) is 8.84. The molecule has 0 aliphatic carbocycles. The van der Waals surface area contributed by atoms with Gasteiger partial charge in [0.05, 0.1) is 0 Å². The third kappa shape index (κ3) is 55.1. The summed E-state index contributed by atoms with van der Waals surface area (Å²) in [6, 6.07) is 0. The maximum atomic E-state index is 3.51. The molecule has 0 saturated heterocycles. The summed E-state index contributed by atoms with van der Waals surface area (Å²) in [5, 5.41) is 3.68. The van der Waals surface area contributed by atoms with Crippen LogP contribution in [0.3, 0.4) is 0 Å². The summed E-state index contributed by atoms with van der Waals surface area (Å²) in [5.41, 5.74) is 0. The number of thioether (sulfide) groups is 1. The molecule has 0 fully saturated rings. The highest BCUT2D eigenvalue weighted by atomic mass is 32.2. The lowest BCUT2D eigenvalue weighted by Gasteiger charge is -1.71. The van der Waals surface area contributed by atoms with E-state index in [-0.39, 0.29) is 0 Å². The molecule has 0 N–H and O–H groups in total. The zero-order valence-corrected chi connectivity index (χ0v) is 9.66. The van der Waals surface area contributed by atoms with Crippen LogP contribution in [0, 0.1) is 0 Å². The second-order valence-electron chi connectivity index (χ2n) is 1.57. The Morgan fingerprint density at radius 2 is 1.58 bits per heavy atom. The molecule has 12 heavy (non-hydrogen) atoms. The van der Waals surface area contributed by atoms with E-state index in [2.05, 4.69) is 27.0 Å². The van der Waals surface area contributed by atoms with Crippen molar-refractivity contribution in [1.82, 2.24) is 0 Å². The molecule has 0 nitrogen and oxygen atoms in total. The highest BCUT2D eigenvalue weighted by Gasteiger charge is 1.59. The molecule has 72 valence electrons. The molecule has 0 aromatic carbocycles. The summed E-state index contributed by atoms with van der Waals surface area (Å²) in [6.07, 6.45) is 4.85. The minimum atomic E-state index is 1.25. The van der Waals surface area contributed by atoms with Gasteiger partial charge in [-0.1, -0.05) is 59.4 Å². The Morgan fingerprint density at radius 1 is 1.17 bits per heavy atom. The Labute approximate surface area is 82.5 Å². The molecule has 0 aromatic heterocycles. The molecule has 0 bridgehead atoms. The van der Waals surface area contributed by atoms with Crippen molar-refractivity contribution in [3.63, 3.8) is 0 Å². The minimum Gasteiger partial charge on any atom is -0.107 e. The van der Waals surface area contributed by atoms with Gasteiger partial charge in [0.1, 0.15) is 0 Å². The highest BCUT2D eigenvalue weighted by Crippen LogP contribution is 1.99. The predicted octanol–water partition coefficient (Wildman–Crippen LogP) is 5.01. The molecule has 0 unspecified atom stereocenters. The lowest BCUT2D eigenvalue weighted by molar-refractivity contribution is 1.09.